The number of halogens is 3. The second kappa shape index (κ2) is 7.84. The summed E-state index contributed by atoms with van der Waals surface area (Å²) in [5.41, 5.74) is 5.35. The standard InChI is InChI=1S/C16H20F2N2O2.ClH/c1-16(9-19,11-3-4-11)20-15(22)7-6-14(21)10-2-5-12(17)13(18)8-10;/h2,5,8,11H,3-4,6-7,9,19H2,1H3,(H,20,22);1H. The Balaban J connectivity index is 0.00000264. The van der Waals surface area contributed by atoms with E-state index in [1.54, 1.807) is 0 Å². The monoisotopic (exact) mass is 346 g/mol. The second-order valence-corrected chi connectivity index (χ2v) is 6.00. The molecule has 1 aliphatic carbocycles. The van der Waals surface area contributed by atoms with Crippen molar-refractivity contribution < 1.29 is 18.4 Å². The van der Waals surface area contributed by atoms with Crippen LogP contribution in [0.3, 0.4) is 0 Å². The largest absolute Gasteiger partial charge is 0.349 e. The highest BCUT2D eigenvalue weighted by atomic mass is 35.5. The van der Waals surface area contributed by atoms with E-state index in [0.29, 0.717) is 12.5 Å². The van der Waals surface area contributed by atoms with Crippen molar-refractivity contribution in [3.8, 4) is 0 Å². The normalized spacial score (nSPS) is 16.2. The lowest BCUT2D eigenvalue weighted by Gasteiger charge is -2.29. The number of Topliss-reactive ketones (excluding diaryl/α,β-unsaturated/α-hetero) is 1. The van der Waals surface area contributed by atoms with Gasteiger partial charge in [0, 0.05) is 24.9 Å². The molecule has 0 spiro atoms. The Labute approximate surface area is 140 Å². The third kappa shape index (κ3) is 4.97. The molecule has 1 atom stereocenters. The Morgan fingerprint density at radius 3 is 2.43 bits per heavy atom. The average Bonchev–Trinajstić information content (AvgIpc) is 3.32. The van der Waals surface area contributed by atoms with Crippen LogP contribution in [-0.4, -0.2) is 23.8 Å². The fourth-order valence-electron chi connectivity index (χ4n) is 2.46. The number of carbonyl (C=O) groups is 2. The molecule has 128 valence electrons. The number of nitrogens with two attached hydrogens (primary N) is 1. The zero-order valence-corrected chi connectivity index (χ0v) is 13.7. The minimum absolute atomic E-state index is 0. The van der Waals surface area contributed by atoms with Crippen LogP contribution in [0.1, 0.15) is 43.0 Å². The molecular weight excluding hydrogens is 326 g/mol. The van der Waals surface area contributed by atoms with Crippen LogP contribution in [0.4, 0.5) is 8.78 Å². The summed E-state index contributed by atoms with van der Waals surface area (Å²) >= 11 is 0. The summed E-state index contributed by atoms with van der Waals surface area (Å²) in [5, 5.41) is 2.88. The highest BCUT2D eigenvalue weighted by molar-refractivity contribution is 5.98. The Bertz CT molecular complexity index is 593. The van der Waals surface area contributed by atoms with Gasteiger partial charge in [-0.25, -0.2) is 8.78 Å². The molecule has 1 aliphatic rings. The number of benzene rings is 1. The molecule has 3 N–H and O–H groups in total. The van der Waals surface area contributed by atoms with Gasteiger partial charge in [-0.15, -0.1) is 12.4 Å². The summed E-state index contributed by atoms with van der Waals surface area (Å²) in [6, 6.07) is 2.97. The summed E-state index contributed by atoms with van der Waals surface area (Å²) in [5.74, 6) is -2.33. The van der Waals surface area contributed by atoms with Gasteiger partial charge < -0.3 is 11.1 Å². The van der Waals surface area contributed by atoms with Gasteiger partial charge in [-0.1, -0.05) is 0 Å². The van der Waals surface area contributed by atoms with Crippen molar-refractivity contribution >= 4 is 24.1 Å². The van der Waals surface area contributed by atoms with Crippen molar-refractivity contribution in [2.75, 3.05) is 6.54 Å². The minimum atomic E-state index is -1.07. The SMILES string of the molecule is CC(CN)(NC(=O)CCC(=O)c1ccc(F)c(F)c1)C1CC1.Cl. The van der Waals surface area contributed by atoms with E-state index >= 15 is 0 Å². The molecule has 1 amide bonds. The number of hydrogen-bond acceptors (Lipinski definition) is 3. The summed E-state index contributed by atoms with van der Waals surface area (Å²) in [6.07, 6.45) is 2.03. The van der Waals surface area contributed by atoms with E-state index in [0.717, 1.165) is 25.0 Å². The lowest BCUT2D eigenvalue weighted by molar-refractivity contribution is -0.123. The summed E-state index contributed by atoms with van der Waals surface area (Å²) in [7, 11) is 0. The Morgan fingerprint density at radius 1 is 1.26 bits per heavy atom. The van der Waals surface area contributed by atoms with Gasteiger partial charge in [0.15, 0.2) is 17.4 Å². The minimum Gasteiger partial charge on any atom is -0.349 e. The van der Waals surface area contributed by atoms with Gasteiger partial charge >= 0.3 is 0 Å². The van der Waals surface area contributed by atoms with Gasteiger partial charge in [0.1, 0.15) is 0 Å². The maximum absolute atomic E-state index is 13.1. The molecule has 1 saturated carbocycles. The van der Waals surface area contributed by atoms with Gasteiger partial charge in [0.25, 0.3) is 0 Å². The maximum Gasteiger partial charge on any atom is 0.220 e. The maximum atomic E-state index is 13.1. The number of ketones is 1. The van der Waals surface area contributed by atoms with Gasteiger partial charge in [0.2, 0.25) is 5.91 Å². The van der Waals surface area contributed by atoms with E-state index in [1.807, 2.05) is 6.92 Å². The molecule has 2 rings (SSSR count). The van der Waals surface area contributed by atoms with Gasteiger partial charge in [-0.05, 0) is 43.9 Å². The zero-order valence-electron chi connectivity index (χ0n) is 12.9. The molecule has 0 bridgehead atoms. The molecule has 4 nitrogen and oxygen atoms in total. The Hall–Kier alpha value is -1.53. The van der Waals surface area contributed by atoms with Crippen LogP contribution >= 0.6 is 12.4 Å². The topological polar surface area (TPSA) is 72.2 Å². The predicted octanol–water partition coefficient (Wildman–Crippen LogP) is 2.59. The summed E-state index contributed by atoms with van der Waals surface area (Å²) in [4.78, 5) is 23.9. The highest BCUT2D eigenvalue weighted by Crippen LogP contribution is 2.39. The van der Waals surface area contributed by atoms with Gasteiger partial charge in [-0.2, -0.15) is 0 Å². The van der Waals surface area contributed by atoms with E-state index < -0.39 is 23.0 Å². The van der Waals surface area contributed by atoms with Crippen LogP contribution in [0.5, 0.6) is 0 Å². The lowest BCUT2D eigenvalue weighted by atomic mass is 9.95. The fraction of sp³-hybridized carbons (Fsp3) is 0.500. The smallest absolute Gasteiger partial charge is 0.220 e. The van der Waals surface area contributed by atoms with Crippen molar-refractivity contribution in [2.24, 2.45) is 11.7 Å². The summed E-state index contributed by atoms with van der Waals surface area (Å²) in [6.45, 7) is 2.25. The van der Waals surface area contributed by atoms with Crippen molar-refractivity contribution in [3.63, 3.8) is 0 Å². The molecule has 1 aromatic rings. The number of nitrogens with one attached hydrogen (secondary N) is 1. The molecule has 0 heterocycles. The third-order valence-corrected chi connectivity index (χ3v) is 4.15. The number of hydrogen-bond donors (Lipinski definition) is 2. The van der Waals surface area contributed by atoms with Crippen molar-refractivity contribution in [3.05, 3.63) is 35.4 Å². The van der Waals surface area contributed by atoms with E-state index in [4.69, 9.17) is 5.73 Å². The first-order valence-electron chi connectivity index (χ1n) is 7.35. The highest BCUT2D eigenvalue weighted by Gasteiger charge is 2.41. The first-order chi connectivity index (χ1) is 10.4. The third-order valence-electron chi connectivity index (χ3n) is 4.15. The number of rotatable bonds is 7. The van der Waals surface area contributed by atoms with Crippen LogP contribution in [0.15, 0.2) is 18.2 Å². The molecule has 1 aromatic carbocycles. The summed E-state index contributed by atoms with van der Waals surface area (Å²) < 4.78 is 25.9. The Kier molecular flexibility index (Phi) is 6.65. The van der Waals surface area contributed by atoms with Crippen LogP contribution in [0, 0.1) is 17.6 Å². The predicted molar refractivity (Wildman–Crippen MR) is 85.5 cm³/mol. The van der Waals surface area contributed by atoms with Crippen molar-refractivity contribution in [1.29, 1.82) is 0 Å². The van der Waals surface area contributed by atoms with Crippen LogP contribution in [0.2, 0.25) is 0 Å². The molecule has 1 fully saturated rings. The molecule has 7 heteroatoms. The number of carbonyl (C=O) groups excluding carboxylic acids is 2. The van der Waals surface area contributed by atoms with Crippen LogP contribution < -0.4 is 11.1 Å². The Morgan fingerprint density at radius 2 is 1.91 bits per heavy atom. The quantitative estimate of drug-likeness (QED) is 0.745. The average molecular weight is 347 g/mol. The molecule has 0 radical (unpaired) electrons. The van der Waals surface area contributed by atoms with E-state index in [1.165, 1.54) is 6.07 Å². The number of amides is 1. The second-order valence-electron chi connectivity index (χ2n) is 6.00. The van der Waals surface area contributed by atoms with Crippen LogP contribution in [-0.2, 0) is 4.79 Å². The van der Waals surface area contributed by atoms with Crippen molar-refractivity contribution in [1.82, 2.24) is 5.32 Å². The molecule has 23 heavy (non-hydrogen) atoms. The molecule has 0 saturated heterocycles. The molecule has 0 aliphatic heterocycles. The van der Waals surface area contributed by atoms with Crippen LogP contribution in [0.25, 0.3) is 0 Å². The zero-order chi connectivity index (χ0) is 16.3. The van der Waals surface area contributed by atoms with Crippen molar-refractivity contribution in [2.45, 2.75) is 38.1 Å². The lowest BCUT2D eigenvalue weighted by Crippen LogP contribution is -2.53. The first kappa shape index (κ1) is 19.5. The van der Waals surface area contributed by atoms with E-state index in [9.17, 15) is 18.4 Å². The fourth-order valence-corrected chi connectivity index (χ4v) is 2.46. The van der Waals surface area contributed by atoms with Gasteiger partial charge in [-0.3, -0.25) is 9.59 Å². The first-order valence-corrected chi connectivity index (χ1v) is 7.35. The molecule has 0 aromatic heterocycles. The van der Waals surface area contributed by atoms with Gasteiger partial charge in [0.05, 0.1) is 5.54 Å². The van der Waals surface area contributed by atoms with E-state index in [2.05, 4.69) is 5.32 Å². The molecule has 1 unspecified atom stereocenters. The van der Waals surface area contributed by atoms with E-state index in [-0.39, 0.29) is 36.7 Å². The molecular formula is C16H21ClF2N2O2.